The van der Waals surface area contributed by atoms with E-state index in [9.17, 15) is 0 Å². The van der Waals surface area contributed by atoms with Gasteiger partial charge >= 0.3 is 0 Å². The standard InChI is InChI=1S/C18H14Br2/c1-12-9-10-17(16-8-3-2-7-15(12)16)18(20)13-5-4-6-14(19)11-13/h2-11,18H,1H3. The molecule has 0 heterocycles. The molecule has 0 aliphatic heterocycles. The van der Waals surface area contributed by atoms with Gasteiger partial charge in [0.2, 0.25) is 0 Å². The lowest BCUT2D eigenvalue weighted by Crippen LogP contribution is -1.95. The fourth-order valence-corrected chi connectivity index (χ4v) is 3.64. The summed E-state index contributed by atoms with van der Waals surface area (Å²) in [4.78, 5) is 0.200. The first-order valence-corrected chi connectivity index (χ1v) is 8.25. The summed E-state index contributed by atoms with van der Waals surface area (Å²) in [6.07, 6.45) is 0. The van der Waals surface area contributed by atoms with E-state index in [-0.39, 0.29) is 4.83 Å². The molecule has 3 aromatic carbocycles. The second-order valence-corrected chi connectivity index (χ2v) is 6.77. The van der Waals surface area contributed by atoms with E-state index in [1.807, 2.05) is 0 Å². The van der Waals surface area contributed by atoms with Gasteiger partial charge in [-0.15, -0.1) is 0 Å². The van der Waals surface area contributed by atoms with Crippen molar-refractivity contribution in [2.24, 2.45) is 0 Å². The molecule has 0 saturated heterocycles. The second kappa shape index (κ2) is 5.71. The highest BCUT2D eigenvalue weighted by molar-refractivity contribution is 9.10. The molecule has 0 nitrogen and oxygen atoms in total. The fourth-order valence-electron chi connectivity index (χ4n) is 2.54. The minimum absolute atomic E-state index is 0.200. The van der Waals surface area contributed by atoms with Gasteiger partial charge in [-0.2, -0.15) is 0 Å². The second-order valence-electron chi connectivity index (χ2n) is 4.93. The summed E-state index contributed by atoms with van der Waals surface area (Å²) in [6, 6.07) is 21.4. The predicted molar refractivity (Wildman–Crippen MR) is 93.6 cm³/mol. The van der Waals surface area contributed by atoms with E-state index >= 15 is 0 Å². The Morgan fingerprint density at radius 2 is 1.60 bits per heavy atom. The minimum atomic E-state index is 0.200. The highest BCUT2D eigenvalue weighted by Crippen LogP contribution is 2.36. The molecule has 0 bridgehead atoms. The summed E-state index contributed by atoms with van der Waals surface area (Å²) in [6.45, 7) is 2.16. The van der Waals surface area contributed by atoms with Crippen LogP contribution in [0, 0.1) is 6.92 Å². The van der Waals surface area contributed by atoms with Crippen molar-refractivity contribution >= 4 is 42.6 Å². The number of rotatable bonds is 2. The summed E-state index contributed by atoms with van der Waals surface area (Å²) < 4.78 is 1.11. The molecule has 3 aromatic rings. The van der Waals surface area contributed by atoms with Crippen LogP contribution < -0.4 is 0 Å². The molecule has 20 heavy (non-hydrogen) atoms. The van der Waals surface area contributed by atoms with Crippen LogP contribution in [0.3, 0.4) is 0 Å². The molecule has 3 rings (SSSR count). The Kier molecular flexibility index (Phi) is 3.95. The van der Waals surface area contributed by atoms with E-state index in [0.717, 1.165) is 4.47 Å². The number of halogens is 2. The average Bonchev–Trinajstić information content (AvgIpc) is 2.47. The van der Waals surface area contributed by atoms with E-state index in [1.54, 1.807) is 0 Å². The number of benzene rings is 3. The first kappa shape index (κ1) is 13.8. The molecular weight excluding hydrogens is 376 g/mol. The summed E-state index contributed by atoms with van der Waals surface area (Å²) in [7, 11) is 0. The van der Waals surface area contributed by atoms with Crippen LogP contribution in [-0.2, 0) is 0 Å². The Balaban J connectivity index is 2.17. The zero-order valence-corrected chi connectivity index (χ0v) is 14.3. The number of fused-ring (bicyclic) bond motifs is 1. The summed E-state index contributed by atoms with van der Waals surface area (Å²) >= 11 is 7.40. The van der Waals surface area contributed by atoms with Crippen LogP contribution in [-0.4, -0.2) is 0 Å². The molecule has 1 unspecified atom stereocenters. The Morgan fingerprint density at radius 1 is 0.850 bits per heavy atom. The van der Waals surface area contributed by atoms with Crippen molar-refractivity contribution in [1.29, 1.82) is 0 Å². The molecule has 0 amide bonds. The van der Waals surface area contributed by atoms with E-state index < -0.39 is 0 Å². The SMILES string of the molecule is Cc1ccc(C(Br)c2cccc(Br)c2)c2ccccc12. The molecule has 1 atom stereocenters. The Morgan fingerprint density at radius 3 is 2.35 bits per heavy atom. The smallest absolute Gasteiger partial charge is 0.0651 e. The number of hydrogen-bond donors (Lipinski definition) is 0. The van der Waals surface area contributed by atoms with Crippen molar-refractivity contribution in [3.8, 4) is 0 Å². The molecule has 0 N–H and O–H groups in total. The largest absolute Gasteiger partial charge is 0.0786 e. The fraction of sp³-hybridized carbons (Fsp3) is 0.111. The van der Waals surface area contributed by atoms with Crippen molar-refractivity contribution in [3.63, 3.8) is 0 Å². The lowest BCUT2D eigenvalue weighted by atomic mass is 9.96. The van der Waals surface area contributed by atoms with Gasteiger partial charge in [0.15, 0.2) is 0 Å². The molecule has 0 fully saturated rings. The topological polar surface area (TPSA) is 0 Å². The van der Waals surface area contributed by atoms with Crippen LogP contribution in [0.5, 0.6) is 0 Å². The third-order valence-electron chi connectivity index (χ3n) is 3.59. The first-order valence-electron chi connectivity index (χ1n) is 6.54. The lowest BCUT2D eigenvalue weighted by molar-refractivity contribution is 1.19. The van der Waals surface area contributed by atoms with Gasteiger partial charge in [0, 0.05) is 4.47 Å². The lowest BCUT2D eigenvalue weighted by Gasteiger charge is -2.15. The normalized spacial score (nSPS) is 12.6. The Labute approximate surface area is 136 Å². The average molecular weight is 390 g/mol. The zero-order chi connectivity index (χ0) is 14.1. The van der Waals surface area contributed by atoms with Gasteiger partial charge in [0.25, 0.3) is 0 Å². The van der Waals surface area contributed by atoms with Crippen molar-refractivity contribution in [2.45, 2.75) is 11.8 Å². The van der Waals surface area contributed by atoms with Crippen LogP contribution in [0.1, 0.15) is 21.5 Å². The Bertz CT molecular complexity index is 762. The molecule has 2 heteroatoms. The Hall–Kier alpha value is -1.12. The molecular formula is C18H14Br2. The van der Waals surface area contributed by atoms with Crippen molar-refractivity contribution in [2.75, 3.05) is 0 Å². The molecule has 0 aliphatic rings. The third kappa shape index (κ3) is 2.55. The van der Waals surface area contributed by atoms with Crippen LogP contribution in [0.2, 0.25) is 0 Å². The van der Waals surface area contributed by atoms with Crippen LogP contribution in [0.4, 0.5) is 0 Å². The number of alkyl halides is 1. The maximum Gasteiger partial charge on any atom is 0.0651 e. The molecule has 0 aliphatic carbocycles. The highest BCUT2D eigenvalue weighted by atomic mass is 79.9. The summed E-state index contributed by atoms with van der Waals surface area (Å²) in [5.41, 5.74) is 3.89. The third-order valence-corrected chi connectivity index (χ3v) is 5.11. The molecule has 0 spiro atoms. The van der Waals surface area contributed by atoms with E-state index in [1.165, 1.54) is 27.5 Å². The van der Waals surface area contributed by atoms with Crippen molar-refractivity contribution in [1.82, 2.24) is 0 Å². The van der Waals surface area contributed by atoms with E-state index in [0.29, 0.717) is 0 Å². The van der Waals surface area contributed by atoms with E-state index in [2.05, 4.69) is 99.4 Å². The van der Waals surface area contributed by atoms with Gasteiger partial charge in [-0.05, 0) is 46.5 Å². The molecule has 100 valence electrons. The van der Waals surface area contributed by atoms with Gasteiger partial charge < -0.3 is 0 Å². The van der Waals surface area contributed by atoms with Crippen LogP contribution in [0.25, 0.3) is 10.8 Å². The van der Waals surface area contributed by atoms with Crippen LogP contribution in [0.15, 0.2) is 65.1 Å². The van der Waals surface area contributed by atoms with E-state index in [4.69, 9.17) is 0 Å². The summed E-state index contributed by atoms with van der Waals surface area (Å²) in [5, 5.41) is 2.64. The quantitative estimate of drug-likeness (QED) is 0.445. The van der Waals surface area contributed by atoms with Crippen LogP contribution >= 0.6 is 31.9 Å². The predicted octanol–water partition coefficient (Wildman–Crippen LogP) is 6.40. The summed E-state index contributed by atoms with van der Waals surface area (Å²) in [5.74, 6) is 0. The zero-order valence-electron chi connectivity index (χ0n) is 11.1. The highest BCUT2D eigenvalue weighted by Gasteiger charge is 2.14. The van der Waals surface area contributed by atoms with Crippen molar-refractivity contribution < 1.29 is 0 Å². The van der Waals surface area contributed by atoms with Gasteiger partial charge in [0.1, 0.15) is 0 Å². The maximum absolute atomic E-state index is 3.85. The molecule has 0 radical (unpaired) electrons. The number of hydrogen-bond acceptors (Lipinski definition) is 0. The van der Waals surface area contributed by atoms with Gasteiger partial charge in [-0.25, -0.2) is 0 Å². The molecule has 0 aromatic heterocycles. The van der Waals surface area contributed by atoms with Gasteiger partial charge in [-0.1, -0.05) is 80.4 Å². The minimum Gasteiger partial charge on any atom is -0.0786 e. The van der Waals surface area contributed by atoms with Crippen molar-refractivity contribution in [3.05, 3.63) is 81.8 Å². The molecule has 0 saturated carbocycles. The van der Waals surface area contributed by atoms with Gasteiger partial charge in [0.05, 0.1) is 4.83 Å². The number of aryl methyl sites for hydroxylation is 1. The maximum atomic E-state index is 3.85. The van der Waals surface area contributed by atoms with Gasteiger partial charge in [-0.3, -0.25) is 0 Å². The monoisotopic (exact) mass is 388 g/mol. The first-order chi connectivity index (χ1) is 9.66.